The van der Waals surface area contributed by atoms with Crippen LogP contribution in [-0.4, -0.2) is 35.6 Å². The van der Waals surface area contributed by atoms with E-state index >= 15 is 0 Å². The maximum Gasteiger partial charge on any atom is 0.0304 e. The first-order valence-electron chi connectivity index (χ1n) is 6.79. The van der Waals surface area contributed by atoms with E-state index in [2.05, 4.69) is 51.8 Å². The van der Waals surface area contributed by atoms with Crippen molar-refractivity contribution in [2.75, 3.05) is 19.6 Å². The summed E-state index contributed by atoms with van der Waals surface area (Å²) in [4.78, 5) is 2.70. The van der Waals surface area contributed by atoms with Crippen LogP contribution in [0.25, 0.3) is 0 Å². The minimum Gasteiger partial charge on any atom is -0.309 e. The molecule has 2 nitrogen and oxygen atoms in total. The molecule has 0 saturated carbocycles. The Morgan fingerprint density at radius 2 is 1.88 bits per heavy atom. The van der Waals surface area contributed by atoms with E-state index in [0.717, 1.165) is 12.5 Å². The topological polar surface area (TPSA) is 15.3 Å². The molecule has 0 spiro atoms. The molecule has 1 aliphatic rings. The zero-order valence-corrected chi connectivity index (χ0v) is 12.1. The molecule has 0 aromatic heterocycles. The summed E-state index contributed by atoms with van der Waals surface area (Å²) in [5.74, 6) is 0.805. The highest BCUT2D eigenvalue weighted by Gasteiger charge is 2.39. The van der Waals surface area contributed by atoms with E-state index in [4.69, 9.17) is 0 Å². The third kappa shape index (κ3) is 3.46. The van der Waals surface area contributed by atoms with Crippen molar-refractivity contribution < 1.29 is 0 Å². The first-order chi connectivity index (χ1) is 7.29. The third-order valence-corrected chi connectivity index (χ3v) is 4.04. The standard InChI is InChI=1S/C14H30N2/c1-7-14(6)10-15-13(4,5)11-16(14)9-8-12(2)3/h12,15H,7-11H2,1-6H3. The Hall–Kier alpha value is -0.0800. The van der Waals surface area contributed by atoms with Gasteiger partial charge in [-0.2, -0.15) is 0 Å². The molecular weight excluding hydrogens is 196 g/mol. The van der Waals surface area contributed by atoms with Gasteiger partial charge in [0.05, 0.1) is 0 Å². The van der Waals surface area contributed by atoms with Gasteiger partial charge in [-0.3, -0.25) is 4.90 Å². The van der Waals surface area contributed by atoms with Gasteiger partial charge in [-0.25, -0.2) is 0 Å². The normalized spacial score (nSPS) is 30.9. The molecule has 1 fully saturated rings. The predicted molar refractivity (Wildman–Crippen MR) is 71.8 cm³/mol. The lowest BCUT2D eigenvalue weighted by atomic mass is 9.87. The first kappa shape index (κ1) is 14.0. The van der Waals surface area contributed by atoms with E-state index in [1.165, 1.54) is 25.9 Å². The molecule has 16 heavy (non-hydrogen) atoms. The largest absolute Gasteiger partial charge is 0.309 e. The van der Waals surface area contributed by atoms with Crippen molar-refractivity contribution in [3.63, 3.8) is 0 Å². The molecule has 0 bridgehead atoms. The molecule has 0 aliphatic carbocycles. The van der Waals surface area contributed by atoms with Gasteiger partial charge in [0.25, 0.3) is 0 Å². The van der Waals surface area contributed by atoms with Gasteiger partial charge in [0, 0.05) is 24.2 Å². The fraction of sp³-hybridized carbons (Fsp3) is 1.00. The molecule has 1 rings (SSSR count). The number of hydrogen-bond acceptors (Lipinski definition) is 2. The van der Waals surface area contributed by atoms with E-state index < -0.39 is 0 Å². The van der Waals surface area contributed by atoms with Gasteiger partial charge in [0.15, 0.2) is 0 Å². The maximum atomic E-state index is 3.68. The van der Waals surface area contributed by atoms with Crippen molar-refractivity contribution in [3.8, 4) is 0 Å². The van der Waals surface area contributed by atoms with Crippen LogP contribution in [0.5, 0.6) is 0 Å². The number of nitrogens with one attached hydrogen (secondary N) is 1. The van der Waals surface area contributed by atoms with E-state index in [-0.39, 0.29) is 5.54 Å². The van der Waals surface area contributed by atoms with E-state index in [0.29, 0.717) is 5.54 Å². The number of nitrogens with zero attached hydrogens (tertiary/aromatic N) is 1. The van der Waals surface area contributed by atoms with Crippen molar-refractivity contribution in [2.24, 2.45) is 5.92 Å². The summed E-state index contributed by atoms with van der Waals surface area (Å²) >= 11 is 0. The Labute approximate surface area is 102 Å². The van der Waals surface area contributed by atoms with Crippen molar-refractivity contribution >= 4 is 0 Å². The molecule has 0 radical (unpaired) electrons. The summed E-state index contributed by atoms with van der Waals surface area (Å²) in [6.45, 7) is 17.5. The average Bonchev–Trinajstić information content (AvgIpc) is 2.19. The van der Waals surface area contributed by atoms with Gasteiger partial charge < -0.3 is 5.32 Å². The number of piperazine rings is 1. The van der Waals surface area contributed by atoms with Gasteiger partial charge in [0.1, 0.15) is 0 Å². The molecule has 96 valence electrons. The zero-order chi connectivity index (χ0) is 12.4. The first-order valence-corrected chi connectivity index (χ1v) is 6.79. The zero-order valence-electron chi connectivity index (χ0n) is 12.1. The van der Waals surface area contributed by atoms with Crippen molar-refractivity contribution in [1.29, 1.82) is 0 Å². The van der Waals surface area contributed by atoms with Crippen LogP contribution < -0.4 is 5.32 Å². The van der Waals surface area contributed by atoms with Crippen LogP contribution in [0.15, 0.2) is 0 Å². The van der Waals surface area contributed by atoms with Gasteiger partial charge in [-0.05, 0) is 46.1 Å². The maximum absolute atomic E-state index is 3.68. The summed E-state index contributed by atoms with van der Waals surface area (Å²) in [5.41, 5.74) is 0.621. The second-order valence-corrected chi connectivity index (χ2v) is 6.69. The smallest absolute Gasteiger partial charge is 0.0304 e. The molecule has 1 saturated heterocycles. The average molecular weight is 226 g/mol. The van der Waals surface area contributed by atoms with Crippen LogP contribution in [0.1, 0.15) is 54.4 Å². The van der Waals surface area contributed by atoms with Crippen molar-refractivity contribution in [2.45, 2.75) is 65.5 Å². The summed E-state index contributed by atoms with van der Waals surface area (Å²) in [6, 6.07) is 0. The Morgan fingerprint density at radius 1 is 1.25 bits per heavy atom. The lowest BCUT2D eigenvalue weighted by Gasteiger charge is -2.51. The lowest BCUT2D eigenvalue weighted by molar-refractivity contribution is 0.0210. The van der Waals surface area contributed by atoms with Crippen LogP contribution in [0, 0.1) is 5.92 Å². The third-order valence-electron chi connectivity index (χ3n) is 4.04. The fourth-order valence-corrected chi connectivity index (χ4v) is 2.38. The van der Waals surface area contributed by atoms with Crippen LogP contribution >= 0.6 is 0 Å². The van der Waals surface area contributed by atoms with Gasteiger partial charge >= 0.3 is 0 Å². The lowest BCUT2D eigenvalue weighted by Crippen LogP contribution is -2.67. The van der Waals surface area contributed by atoms with Crippen LogP contribution in [0.3, 0.4) is 0 Å². The Balaban J connectivity index is 2.65. The SMILES string of the molecule is CCC1(C)CNC(C)(C)CN1CCC(C)C. The van der Waals surface area contributed by atoms with Crippen molar-refractivity contribution in [1.82, 2.24) is 10.2 Å². The summed E-state index contributed by atoms with van der Waals surface area (Å²) in [6.07, 6.45) is 2.54. The second-order valence-electron chi connectivity index (χ2n) is 6.69. The van der Waals surface area contributed by atoms with Crippen LogP contribution in [0.2, 0.25) is 0 Å². The Morgan fingerprint density at radius 3 is 2.38 bits per heavy atom. The van der Waals surface area contributed by atoms with Gasteiger partial charge in [-0.15, -0.1) is 0 Å². The van der Waals surface area contributed by atoms with Crippen molar-refractivity contribution in [3.05, 3.63) is 0 Å². The highest BCUT2D eigenvalue weighted by molar-refractivity contribution is 4.99. The van der Waals surface area contributed by atoms with Gasteiger partial charge in [-0.1, -0.05) is 20.8 Å². The van der Waals surface area contributed by atoms with E-state index in [9.17, 15) is 0 Å². The quantitative estimate of drug-likeness (QED) is 0.793. The highest BCUT2D eigenvalue weighted by atomic mass is 15.3. The minimum absolute atomic E-state index is 0.270. The Kier molecular flexibility index (Phi) is 4.42. The fourth-order valence-electron chi connectivity index (χ4n) is 2.38. The molecule has 0 amide bonds. The molecule has 0 aromatic carbocycles. The molecule has 1 heterocycles. The second kappa shape index (κ2) is 5.05. The Bertz CT molecular complexity index is 223. The van der Waals surface area contributed by atoms with E-state index in [1.807, 2.05) is 0 Å². The molecule has 2 heteroatoms. The van der Waals surface area contributed by atoms with E-state index in [1.54, 1.807) is 0 Å². The van der Waals surface area contributed by atoms with Crippen LogP contribution in [-0.2, 0) is 0 Å². The van der Waals surface area contributed by atoms with Gasteiger partial charge in [0.2, 0.25) is 0 Å². The monoisotopic (exact) mass is 226 g/mol. The predicted octanol–water partition coefficient (Wildman–Crippen LogP) is 2.89. The number of hydrogen-bond donors (Lipinski definition) is 1. The molecule has 0 aromatic rings. The summed E-state index contributed by atoms with van der Waals surface area (Å²) in [7, 11) is 0. The summed E-state index contributed by atoms with van der Waals surface area (Å²) < 4.78 is 0. The van der Waals surface area contributed by atoms with Crippen LogP contribution in [0.4, 0.5) is 0 Å². The highest BCUT2D eigenvalue weighted by Crippen LogP contribution is 2.27. The molecule has 1 N–H and O–H groups in total. The molecule has 1 atom stereocenters. The molecular formula is C14H30N2. The summed E-state index contributed by atoms with van der Waals surface area (Å²) in [5, 5.41) is 3.68. The molecule has 1 unspecified atom stereocenters. The minimum atomic E-state index is 0.270. The number of rotatable bonds is 4. The molecule has 1 aliphatic heterocycles.